The molecule has 1 aliphatic rings. The average Bonchev–Trinajstić information content (AvgIpc) is 2.92. The number of aromatic nitrogens is 3. The Morgan fingerprint density at radius 3 is 2.75 bits per heavy atom. The Bertz CT molecular complexity index is 853. The number of carbonyl (C=O) groups excluding carboxylic acids is 1. The van der Waals surface area contributed by atoms with Gasteiger partial charge in [0, 0.05) is 37.0 Å². The average molecular weight is 351 g/mol. The first-order valence-electron chi connectivity index (χ1n) is 7.87. The summed E-state index contributed by atoms with van der Waals surface area (Å²) in [6.45, 7) is 2.98. The molecule has 3 heterocycles. The monoisotopic (exact) mass is 351 g/mol. The van der Waals surface area contributed by atoms with Crippen LogP contribution in [0.5, 0.6) is 0 Å². The molecule has 130 valence electrons. The summed E-state index contributed by atoms with van der Waals surface area (Å²) in [4.78, 5) is 18.1. The van der Waals surface area contributed by atoms with E-state index in [0.717, 1.165) is 36.1 Å². The van der Waals surface area contributed by atoms with Crippen LogP contribution in [0.4, 0.5) is 0 Å². The molecule has 0 aliphatic carbocycles. The Balaban J connectivity index is 1.65. The Morgan fingerprint density at radius 2 is 2.08 bits per heavy atom. The molecule has 1 aliphatic heterocycles. The predicted octanol–water partition coefficient (Wildman–Crippen LogP) is 0.293. The highest BCUT2D eigenvalue weighted by atomic mass is 32.2. The van der Waals surface area contributed by atoms with Gasteiger partial charge in [-0.05, 0) is 25.8 Å². The molecule has 1 fully saturated rings. The zero-order valence-electron chi connectivity index (χ0n) is 13.8. The second-order valence-electron chi connectivity index (χ2n) is 6.17. The van der Waals surface area contributed by atoms with Gasteiger partial charge in [0.15, 0.2) is 5.65 Å². The third kappa shape index (κ3) is 3.73. The molecule has 0 radical (unpaired) electrons. The Labute approximate surface area is 140 Å². The van der Waals surface area contributed by atoms with Crippen molar-refractivity contribution in [3.8, 4) is 0 Å². The molecule has 0 atom stereocenters. The number of sulfonamides is 1. The molecule has 8 nitrogen and oxygen atoms in total. The van der Waals surface area contributed by atoms with Gasteiger partial charge in [-0.2, -0.15) is 5.10 Å². The van der Waals surface area contributed by atoms with E-state index < -0.39 is 10.0 Å². The van der Waals surface area contributed by atoms with Gasteiger partial charge in [0.25, 0.3) is 0 Å². The molecular formula is C15H21N5O3S. The van der Waals surface area contributed by atoms with Crippen LogP contribution in [0.3, 0.4) is 0 Å². The number of hydrogen-bond donors (Lipinski definition) is 1. The third-order valence-corrected chi connectivity index (χ3v) is 4.93. The number of aryl methyl sites for hydroxylation is 1. The molecule has 1 N–H and O–H groups in total. The van der Waals surface area contributed by atoms with Gasteiger partial charge in [0.1, 0.15) is 0 Å². The van der Waals surface area contributed by atoms with Gasteiger partial charge in [-0.15, -0.1) is 0 Å². The topological polar surface area (TPSA) is 96.7 Å². The minimum atomic E-state index is -3.35. The summed E-state index contributed by atoms with van der Waals surface area (Å²) in [5.41, 5.74) is 2.87. The maximum Gasteiger partial charge on any atom is 0.237 e. The van der Waals surface area contributed by atoms with Gasteiger partial charge in [0.05, 0.1) is 18.5 Å². The Morgan fingerprint density at radius 1 is 1.38 bits per heavy atom. The lowest BCUT2D eigenvalue weighted by molar-refractivity contribution is -0.131. The molecule has 0 spiro atoms. The van der Waals surface area contributed by atoms with Crippen LogP contribution >= 0.6 is 0 Å². The highest BCUT2D eigenvalue weighted by molar-refractivity contribution is 7.88. The summed E-state index contributed by atoms with van der Waals surface area (Å²) in [6, 6.07) is 3.92. The summed E-state index contributed by atoms with van der Waals surface area (Å²) in [5, 5.41) is 4.50. The van der Waals surface area contributed by atoms with E-state index in [-0.39, 0.29) is 12.5 Å². The first kappa shape index (κ1) is 16.8. The first-order valence-corrected chi connectivity index (χ1v) is 9.76. The number of amides is 1. The van der Waals surface area contributed by atoms with Gasteiger partial charge in [-0.3, -0.25) is 4.79 Å². The van der Waals surface area contributed by atoms with Crippen molar-refractivity contribution in [1.82, 2.24) is 24.2 Å². The second-order valence-corrected chi connectivity index (χ2v) is 8.01. The van der Waals surface area contributed by atoms with Gasteiger partial charge in [-0.1, -0.05) is 0 Å². The molecule has 0 aromatic carbocycles. The van der Waals surface area contributed by atoms with E-state index >= 15 is 0 Å². The van der Waals surface area contributed by atoms with Crippen molar-refractivity contribution in [2.75, 3.05) is 25.9 Å². The van der Waals surface area contributed by atoms with Crippen molar-refractivity contribution in [1.29, 1.82) is 0 Å². The van der Waals surface area contributed by atoms with E-state index in [0.29, 0.717) is 19.0 Å². The van der Waals surface area contributed by atoms with Crippen LogP contribution < -0.4 is 4.72 Å². The molecule has 3 rings (SSSR count). The predicted molar refractivity (Wildman–Crippen MR) is 89.1 cm³/mol. The van der Waals surface area contributed by atoms with Crippen LogP contribution in [-0.4, -0.2) is 59.7 Å². The molecule has 1 amide bonds. The van der Waals surface area contributed by atoms with Gasteiger partial charge < -0.3 is 4.90 Å². The van der Waals surface area contributed by atoms with Crippen LogP contribution in [-0.2, 0) is 14.8 Å². The van der Waals surface area contributed by atoms with Crippen molar-refractivity contribution in [2.24, 2.45) is 0 Å². The number of nitrogens with zero attached hydrogens (tertiary/aromatic N) is 4. The standard InChI is InChI=1S/C15H21N5O3S/c1-11-9-14-16-6-3-13(20(14)18-11)12-4-7-19(8-5-12)15(21)10-17-24(2,22)23/h3,6,9,12,17H,4-5,7-8,10H2,1-2H3. The number of nitrogens with one attached hydrogen (secondary N) is 1. The van der Waals surface area contributed by atoms with E-state index in [1.165, 1.54) is 0 Å². The van der Waals surface area contributed by atoms with Crippen LogP contribution in [0.2, 0.25) is 0 Å². The van der Waals surface area contributed by atoms with E-state index in [9.17, 15) is 13.2 Å². The number of hydrogen-bond acceptors (Lipinski definition) is 5. The van der Waals surface area contributed by atoms with Gasteiger partial charge in [0.2, 0.25) is 15.9 Å². The van der Waals surface area contributed by atoms with E-state index in [1.54, 1.807) is 11.1 Å². The maximum atomic E-state index is 12.1. The zero-order valence-corrected chi connectivity index (χ0v) is 14.6. The van der Waals surface area contributed by atoms with E-state index in [1.807, 2.05) is 23.6 Å². The highest BCUT2D eigenvalue weighted by Gasteiger charge is 2.25. The van der Waals surface area contributed by atoms with Crippen molar-refractivity contribution in [3.63, 3.8) is 0 Å². The minimum absolute atomic E-state index is 0.179. The normalized spacial score (nSPS) is 16.7. The molecule has 0 bridgehead atoms. The summed E-state index contributed by atoms with van der Waals surface area (Å²) < 4.78 is 26.3. The molecule has 0 saturated carbocycles. The van der Waals surface area contributed by atoms with Crippen molar-refractivity contribution < 1.29 is 13.2 Å². The molecule has 24 heavy (non-hydrogen) atoms. The molecular weight excluding hydrogens is 330 g/mol. The SMILES string of the molecule is Cc1cc2nccc(C3CCN(C(=O)CNS(C)(=O)=O)CC3)n2n1. The molecule has 2 aromatic heterocycles. The van der Waals surface area contributed by atoms with Crippen molar-refractivity contribution in [3.05, 3.63) is 29.7 Å². The number of carbonyl (C=O) groups is 1. The fourth-order valence-corrected chi connectivity index (χ4v) is 3.45. The third-order valence-electron chi connectivity index (χ3n) is 4.26. The van der Waals surface area contributed by atoms with Crippen LogP contribution in [0, 0.1) is 6.92 Å². The van der Waals surface area contributed by atoms with Crippen molar-refractivity contribution >= 4 is 21.6 Å². The second kappa shape index (κ2) is 6.48. The lowest BCUT2D eigenvalue weighted by Gasteiger charge is -2.32. The largest absolute Gasteiger partial charge is 0.342 e. The maximum absolute atomic E-state index is 12.1. The number of rotatable bonds is 4. The fourth-order valence-electron chi connectivity index (χ4n) is 3.07. The first-order chi connectivity index (χ1) is 11.3. The number of piperidine rings is 1. The van der Waals surface area contributed by atoms with Gasteiger partial charge in [-0.25, -0.2) is 22.6 Å². The lowest BCUT2D eigenvalue weighted by atomic mass is 9.93. The van der Waals surface area contributed by atoms with Gasteiger partial charge >= 0.3 is 0 Å². The van der Waals surface area contributed by atoms with E-state index in [2.05, 4.69) is 14.8 Å². The molecule has 0 unspecified atom stereocenters. The fraction of sp³-hybridized carbons (Fsp3) is 0.533. The summed E-state index contributed by atoms with van der Waals surface area (Å²) in [5.74, 6) is 0.121. The summed E-state index contributed by atoms with van der Waals surface area (Å²) in [6.07, 6.45) is 4.48. The van der Waals surface area contributed by atoms with Crippen LogP contribution in [0.15, 0.2) is 18.3 Å². The Kier molecular flexibility index (Phi) is 4.55. The van der Waals surface area contributed by atoms with E-state index in [4.69, 9.17) is 0 Å². The number of fused-ring (bicyclic) bond motifs is 1. The quantitative estimate of drug-likeness (QED) is 0.854. The molecule has 2 aromatic rings. The van der Waals surface area contributed by atoms with Crippen molar-refractivity contribution in [2.45, 2.75) is 25.7 Å². The lowest BCUT2D eigenvalue weighted by Crippen LogP contribution is -2.43. The molecule has 1 saturated heterocycles. The minimum Gasteiger partial charge on any atom is -0.342 e. The Hall–Kier alpha value is -2.00. The summed E-state index contributed by atoms with van der Waals surface area (Å²) in [7, 11) is -3.35. The molecule has 9 heteroatoms. The van der Waals surface area contributed by atoms with Crippen LogP contribution in [0.1, 0.15) is 30.1 Å². The number of likely N-dealkylation sites (tertiary alicyclic amines) is 1. The summed E-state index contributed by atoms with van der Waals surface area (Å²) >= 11 is 0. The zero-order chi connectivity index (χ0) is 17.3. The van der Waals surface area contributed by atoms with Crippen LogP contribution in [0.25, 0.3) is 5.65 Å². The smallest absolute Gasteiger partial charge is 0.237 e. The highest BCUT2D eigenvalue weighted by Crippen LogP contribution is 2.28.